The second-order valence-corrected chi connectivity index (χ2v) is 5.02. The van der Waals surface area contributed by atoms with Gasteiger partial charge >= 0.3 is 0 Å². The summed E-state index contributed by atoms with van der Waals surface area (Å²) in [6, 6.07) is 16.8. The Kier molecular flexibility index (Phi) is 5.09. The lowest BCUT2D eigenvalue weighted by atomic mass is 10.2. The Labute approximate surface area is 139 Å². The fourth-order valence-electron chi connectivity index (χ4n) is 2.04. The Hall–Kier alpha value is -3.28. The SMILES string of the molecule is O=C(NCc1ccccn1)c1cc(OCc2ccccc2)ncn1. The quantitative estimate of drug-likeness (QED) is 0.754. The van der Waals surface area contributed by atoms with E-state index in [0.29, 0.717) is 19.0 Å². The Morgan fingerprint density at radius 1 is 1.00 bits per heavy atom. The van der Waals surface area contributed by atoms with Crippen LogP contribution in [0.15, 0.2) is 67.1 Å². The molecule has 0 spiro atoms. The van der Waals surface area contributed by atoms with Crippen molar-refractivity contribution >= 4 is 5.91 Å². The summed E-state index contributed by atoms with van der Waals surface area (Å²) < 4.78 is 5.60. The smallest absolute Gasteiger partial charge is 0.270 e. The third-order valence-electron chi connectivity index (χ3n) is 3.26. The summed E-state index contributed by atoms with van der Waals surface area (Å²) in [5, 5.41) is 2.77. The Balaban J connectivity index is 1.59. The van der Waals surface area contributed by atoms with Crippen LogP contribution in [0.1, 0.15) is 21.7 Å². The number of pyridine rings is 1. The molecule has 0 aliphatic rings. The molecular weight excluding hydrogens is 304 g/mol. The molecule has 24 heavy (non-hydrogen) atoms. The largest absolute Gasteiger partial charge is 0.473 e. The van der Waals surface area contributed by atoms with Crippen molar-refractivity contribution in [1.29, 1.82) is 0 Å². The highest BCUT2D eigenvalue weighted by atomic mass is 16.5. The first-order valence-electron chi connectivity index (χ1n) is 7.48. The van der Waals surface area contributed by atoms with Crippen LogP contribution in [-0.2, 0) is 13.2 Å². The number of rotatable bonds is 6. The Morgan fingerprint density at radius 2 is 1.83 bits per heavy atom. The zero-order chi connectivity index (χ0) is 16.6. The number of carbonyl (C=O) groups excluding carboxylic acids is 1. The molecule has 0 atom stereocenters. The van der Waals surface area contributed by atoms with Gasteiger partial charge in [-0.25, -0.2) is 9.97 Å². The molecule has 1 amide bonds. The van der Waals surface area contributed by atoms with Gasteiger partial charge in [0.05, 0.1) is 12.2 Å². The van der Waals surface area contributed by atoms with Gasteiger partial charge in [-0.05, 0) is 17.7 Å². The van der Waals surface area contributed by atoms with E-state index in [2.05, 4.69) is 20.3 Å². The van der Waals surface area contributed by atoms with E-state index < -0.39 is 0 Å². The summed E-state index contributed by atoms with van der Waals surface area (Å²) in [7, 11) is 0. The number of carbonyl (C=O) groups is 1. The fraction of sp³-hybridized carbons (Fsp3) is 0.111. The molecule has 0 aliphatic carbocycles. The van der Waals surface area contributed by atoms with E-state index in [-0.39, 0.29) is 11.6 Å². The van der Waals surface area contributed by atoms with Crippen LogP contribution in [0.3, 0.4) is 0 Å². The van der Waals surface area contributed by atoms with Gasteiger partial charge < -0.3 is 10.1 Å². The predicted octanol–water partition coefficient (Wildman–Crippen LogP) is 2.38. The molecule has 2 aromatic heterocycles. The highest BCUT2D eigenvalue weighted by Crippen LogP contribution is 2.10. The third kappa shape index (κ3) is 4.36. The molecule has 120 valence electrons. The minimum absolute atomic E-state index is 0.254. The molecule has 0 saturated heterocycles. The number of aromatic nitrogens is 3. The average Bonchev–Trinajstić information content (AvgIpc) is 2.66. The number of hydrogen-bond acceptors (Lipinski definition) is 5. The lowest BCUT2D eigenvalue weighted by Crippen LogP contribution is -2.24. The van der Waals surface area contributed by atoms with Crippen LogP contribution in [0.4, 0.5) is 0 Å². The summed E-state index contributed by atoms with van der Waals surface area (Å²) >= 11 is 0. The Bertz CT molecular complexity index is 794. The molecule has 3 aromatic rings. The first-order valence-corrected chi connectivity index (χ1v) is 7.48. The Morgan fingerprint density at radius 3 is 2.62 bits per heavy atom. The molecular formula is C18H16N4O2. The molecule has 0 saturated carbocycles. The van der Waals surface area contributed by atoms with Gasteiger partial charge in [0.25, 0.3) is 5.91 Å². The maximum atomic E-state index is 12.2. The molecule has 6 heteroatoms. The van der Waals surface area contributed by atoms with Crippen LogP contribution in [0, 0.1) is 0 Å². The highest BCUT2D eigenvalue weighted by Gasteiger charge is 2.09. The maximum Gasteiger partial charge on any atom is 0.270 e. The summed E-state index contributed by atoms with van der Waals surface area (Å²) in [5.41, 5.74) is 2.06. The van der Waals surface area contributed by atoms with Gasteiger partial charge in [-0.3, -0.25) is 9.78 Å². The minimum atomic E-state index is -0.299. The second kappa shape index (κ2) is 7.82. The van der Waals surface area contributed by atoms with Crippen molar-refractivity contribution in [1.82, 2.24) is 20.3 Å². The van der Waals surface area contributed by atoms with E-state index in [4.69, 9.17) is 4.74 Å². The van der Waals surface area contributed by atoms with Gasteiger partial charge in [-0.15, -0.1) is 0 Å². The number of nitrogens with one attached hydrogen (secondary N) is 1. The summed E-state index contributed by atoms with van der Waals surface area (Å²) in [6.45, 7) is 0.719. The number of hydrogen-bond donors (Lipinski definition) is 1. The average molecular weight is 320 g/mol. The van der Waals surface area contributed by atoms with Gasteiger partial charge in [-0.2, -0.15) is 0 Å². The van der Waals surface area contributed by atoms with E-state index in [1.807, 2.05) is 48.5 Å². The van der Waals surface area contributed by atoms with Crippen LogP contribution in [0.2, 0.25) is 0 Å². The van der Waals surface area contributed by atoms with Crippen molar-refractivity contribution in [2.45, 2.75) is 13.2 Å². The van der Waals surface area contributed by atoms with Gasteiger partial charge in [0.1, 0.15) is 18.6 Å². The summed E-state index contributed by atoms with van der Waals surface area (Å²) in [4.78, 5) is 24.3. The first-order chi connectivity index (χ1) is 11.8. The molecule has 0 fully saturated rings. The number of benzene rings is 1. The first kappa shape index (κ1) is 15.6. The van der Waals surface area contributed by atoms with Gasteiger partial charge in [-0.1, -0.05) is 36.4 Å². The van der Waals surface area contributed by atoms with E-state index in [0.717, 1.165) is 11.3 Å². The second-order valence-electron chi connectivity index (χ2n) is 5.02. The van der Waals surface area contributed by atoms with Crippen molar-refractivity contribution in [3.05, 3.63) is 84.1 Å². The van der Waals surface area contributed by atoms with Crippen molar-refractivity contribution in [3.8, 4) is 5.88 Å². The maximum absolute atomic E-state index is 12.2. The zero-order valence-corrected chi connectivity index (χ0v) is 12.9. The topological polar surface area (TPSA) is 77.0 Å². The normalized spacial score (nSPS) is 10.2. The molecule has 6 nitrogen and oxygen atoms in total. The van der Waals surface area contributed by atoms with Crippen molar-refractivity contribution in [2.75, 3.05) is 0 Å². The number of ether oxygens (including phenoxy) is 1. The molecule has 0 aliphatic heterocycles. The fourth-order valence-corrected chi connectivity index (χ4v) is 2.04. The molecule has 1 N–H and O–H groups in total. The number of nitrogens with zero attached hydrogens (tertiary/aromatic N) is 3. The lowest BCUT2D eigenvalue weighted by Gasteiger charge is -2.07. The van der Waals surface area contributed by atoms with Crippen LogP contribution >= 0.6 is 0 Å². The van der Waals surface area contributed by atoms with Crippen LogP contribution in [0.25, 0.3) is 0 Å². The van der Waals surface area contributed by atoms with Gasteiger partial charge in [0.2, 0.25) is 5.88 Å². The van der Waals surface area contributed by atoms with E-state index in [1.54, 1.807) is 6.20 Å². The molecule has 3 rings (SSSR count). The predicted molar refractivity (Wildman–Crippen MR) is 88.2 cm³/mol. The molecule has 0 radical (unpaired) electrons. The number of amides is 1. The standard InChI is InChI=1S/C18H16N4O2/c23-18(20-11-15-8-4-5-9-19-15)16-10-17(22-13-21-16)24-12-14-6-2-1-3-7-14/h1-10,13H,11-12H2,(H,20,23). The molecule has 0 bridgehead atoms. The van der Waals surface area contributed by atoms with Crippen molar-refractivity contribution in [3.63, 3.8) is 0 Å². The summed E-state index contributed by atoms with van der Waals surface area (Å²) in [5.74, 6) is 0.0597. The van der Waals surface area contributed by atoms with E-state index in [1.165, 1.54) is 12.4 Å². The lowest BCUT2D eigenvalue weighted by molar-refractivity contribution is 0.0944. The third-order valence-corrected chi connectivity index (χ3v) is 3.26. The van der Waals surface area contributed by atoms with Gasteiger partial charge in [0.15, 0.2) is 0 Å². The minimum Gasteiger partial charge on any atom is -0.473 e. The molecule has 0 unspecified atom stereocenters. The van der Waals surface area contributed by atoms with E-state index >= 15 is 0 Å². The van der Waals surface area contributed by atoms with Gasteiger partial charge in [0, 0.05) is 12.3 Å². The monoisotopic (exact) mass is 320 g/mol. The molecule has 2 heterocycles. The van der Waals surface area contributed by atoms with Crippen molar-refractivity contribution in [2.24, 2.45) is 0 Å². The zero-order valence-electron chi connectivity index (χ0n) is 12.9. The van der Waals surface area contributed by atoms with Crippen LogP contribution in [-0.4, -0.2) is 20.9 Å². The van der Waals surface area contributed by atoms with Crippen molar-refractivity contribution < 1.29 is 9.53 Å². The summed E-state index contributed by atoms with van der Waals surface area (Å²) in [6.07, 6.45) is 3.00. The van der Waals surface area contributed by atoms with Crippen LogP contribution < -0.4 is 10.1 Å². The highest BCUT2D eigenvalue weighted by molar-refractivity contribution is 5.92. The van der Waals surface area contributed by atoms with E-state index in [9.17, 15) is 4.79 Å². The van der Waals surface area contributed by atoms with Crippen LogP contribution in [0.5, 0.6) is 5.88 Å². The molecule has 1 aromatic carbocycles.